The highest BCUT2D eigenvalue weighted by molar-refractivity contribution is 6.52. The van der Waals surface area contributed by atoms with Gasteiger partial charge in [0.25, 0.3) is 0 Å². The summed E-state index contributed by atoms with van der Waals surface area (Å²) < 4.78 is 5.39. The van der Waals surface area contributed by atoms with E-state index in [1.165, 1.54) is 19.9 Å². The fourth-order valence-corrected chi connectivity index (χ4v) is 3.36. The molecule has 0 amide bonds. The van der Waals surface area contributed by atoms with Gasteiger partial charge in [0.1, 0.15) is 5.76 Å². The van der Waals surface area contributed by atoms with E-state index >= 15 is 0 Å². The van der Waals surface area contributed by atoms with Gasteiger partial charge in [0, 0.05) is 27.7 Å². The summed E-state index contributed by atoms with van der Waals surface area (Å²) in [6.07, 6.45) is 1.48. The third-order valence-corrected chi connectivity index (χ3v) is 5.77. The van der Waals surface area contributed by atoms with Gasteiger partial charge < -0.3 is 20.1 Å². The highest BCUT2D eigenvalue weighted by Gasteiger charge is 2.36. The van der Waals surface area contributed by atoms with E-state index in [9.17, 15) is 29.7 Å². The Morgan fingerprint density at radius 2 is 1.72 bits per heavy atom. The van der Waals surface area contributed by atoms with E-state index in [0.717, 1.165) is 0 Å². The molecule has 2 rings (SSSR count). The van der Waals surface area contributed by atoms with Crippen LogP contribution in [0.25, 0.3) is 5.76 Å². The van der Waals surface area contributed by atoms with Gasteiger partial charge in [-0.2, -0.15) is 0 Å². The number of ether oxygens (including phenoxy) is 1. The molecule has 1 aromatic rings. The van der Waals surface area contributed by atoms with Gasteiger partial charge in [0.15, 0.2) is 0 Å². The van der Waals surface area contributed by atoms with Gasteiger partial charge in [-0.3, -0.25) is 9.59 Å². The molecule has 2 atom stereocenters. The largest absolute Gasteiger partial charge is 0.507 e. The average Bonchev–Trinajstić information content (AvgIpc) is 2.73. The van der Waals surface area contributed by atoms with E-state index in [4.69, 9.17) is 4.74 Å². The van der Waals surface area contributed by atoms with Gasteiger partial charge in [-0.15, -0.1) is 0 Å². The van der Waals surface area contributed by atoms with Crippen LogP contribution in [0.2, 0.25) is 0 Å². The number of Topliss-reactive ketones (excluding diaryl/α,β-unsaturated/α-hetero) is 2. The highest BCUT2D eigenvalue weighted by Crippen LogP contribution is 2.35. The summed E-state index contributed by atoms with van der Waals surface area (Å²) in [6, 6.07) is 6.40. The minimum atomic E-state index is -1.25. The van der Waals surface area contributed by atoms with Crippen molar-refractivity contribution >= 4 is 23.3 Å². The molecular formula is C25H32O7. The molecule has 1 aliphatic carbocycles. The number of fused-ring (bicyclic) bond motifs is 1. The molecule has 0 spiro atoms. The average molecular weight is 445 g/mol. The van der Waals surface area contributed by atoms with Crippen molar-refractivity contribution in [2.75, 3.05) is 6.61 Å². The molecule has 32 heavy (non-hydrogen) atoms. The second kappa shape index (κ2) is 9.79. The maximum atomic E-state index is 12.5. The Morgan fingerprint density at radius 3 is 2.31 bits per heavy atom. The number of ketones is 2. The van der Waals surface area contributed by atoms with Gasteiger partial charge in [-0.1, -0.05) is 44.2 Å². The van der Waals surface area contributed by atoms with Crippen LogP contribution in [-0.4, -0.2) is 51.2 Å². The molecular weight excluding hydrogens is 412 g/mol. The molecule has 0 fully saturated rings. The molecule has 0 aromatic heterocycles. The zero-order chi connectivity index (χ0) is 24.3. The molecule has 7 heteroatoms. The summed E-state index contributed by atoms with van der Waals surface area (Å²) in [5.41, 5.74) is -1.08. The molecule has 1 aliphatic rings. The van der Waals surface area contributed by atoms with E-state index in [2.05, 4.69) is 0 Å². The van der Waals surface area contributed by atoms with Crippen molar-refractivity contribution in [3.63, 3.8) is 0 Å². The molecule has 0 heterocycles. The number of carbonyl (C=O) groups is 3. The maximum Gasteiger partial charge on any atom is 0.333 e. The third-order valence-electron chi connectivity index (χ3n) is 5.77. The summed E-state index contributed by atoms with van der Waals surface area (Å²) >= 11 is 0. The zero-order valence-corrected chi connectivity index (χ0v) is 19.3. The first-order valence-corrected chi connectivity index (χ1v) is 10.6. The predicted octanol–water partition coefficient (Wildman–Crippen LogP) is 3.54. The van der Waals surface area contributed by atoms with Crippen molar-refractivity contribution in [1.82, 2.24) is 0 Å². The van der Waals surface area contributed by atoms with Crippen molar-refractivity contribution in [1.29, 1.82) is 0 Å². The number of rotatable bonds is 9. The van der Waals surface area contributed by atoms with E-state index < -0.39 is 34.7 Å². The smallest absolute Gasteiger partial charge is 0.333 e. The first-order chi connectivity index (χ1) is 14.8. The van der Waals surface area contributed by atoms with Crippen LogP contribution in [-0.2, 0) is 14.3 Å². The molecule has 0 bridgehead atoms. The first kappa shape index (κ1) is 25.5. The Bertz CT molecular complexity index is 964. The van der Waals surface area contributed by atoms with Crippen LogP contribution >= 0.6 is 0 Å². The van der Waals surface area contributed by atoms with Gasteiger partial charge in [0.2, 0.25) is 11.6 Å². The Balaban J connectivity index is 2.03. The number of allylic oxidation sites excluding steroid dienone is 2. The SMILES string of the molecule is C/C(=C\CC[C@](C)(O)[C@H](C)O)C(=O)OCC(C)(C)CC1=C(O)c2ccccc2C(=O)C1=O. The fourth-order valence-electron chi connectivity index (χ4n) is 3.36. The molecule has 0 aliphatic heterocycles. The van der Waals surface area contributed by atoms with E-state index in [0.29, 0.717) is 17.6 Å². The van der Waals surface area contributed by atoms with Crippen LogP contribution in [0, 0.1) is 5.41 Å². The first-order valence-electron chi connectivity index (χ1n) is 10.6. The van der Waals surface area contributed by atoms with Crippen LogP contribution in [0.1, 0.15) is 69.8 Å². The fraction of sp³-hybridized carbons (Fsp3) is 0.480. The van der Waals surface area contributed by atoms with Gasteiger partial charge >= 0.3 is 5.97 Å². The predicted molar refractivity (Wildman–Crippen MR) is 120 cm³/mol. The van der Waals surface area contributed by atoms with Crippen molar-refractivity contribution in [2.24, 2.45) is 5.41 Å². The monoisotopic (exact) mass is 444 g/mol. The van der Waals surface area contributed by atoms with Crippen molar-refractivity contribution in [3.05, 3.63) is 52.6 Å². The van der Waals surface area contributed by atoms with Crippen LogP contribution in [0.5, 0.6) is 0 Å². The Hall–Kier alpha value is -2.77. The number of esters is 1. The lowest BCUT2D eigenvalue weighted by atomic mass is 9.79. The van der Waals surface area contributed by atoms with Crippen molar-refractivity contribution in [2.45, 2.75) is 65.6 Å². The summed E-state index contributed by atoms with van der Waals surface area (Å²) in [5, 5.41) is 30.2. The molecule has 3 N–H and O–H groups in total. The van der Waals surface area contributed by atoms with Gasteiger partial charge in [0.05, 0.1) is 18.3 Å². The maximum absolute atomic E-state index is 12.5. The molecule has 0 unspecified atom stereocenters. The van der Waals surface area contributed by atoms with Crippen LogP contribution in [0.3, 0.4) is 0 Å². The highest BCUT2D eigenvalue weighted by atomic mass is 16.5. The Morgan fingerprint density at radius 1 is 1.12 bits per heavy atom. The number of benzene rings is 1. The van der Waals surface area contributed by atoms with E-state index in [1.807, 2.05) is 0 Å². The summed E-state index contributed by atoms with van der Waals surface area (Å²) in [6.45, 7) is 8.16. The number of aliphatic hydroxyl groups is 3. The quantitative estimate of drug-likeness (QED) is 0.303. The zero-order valence-electron chi connectivity index (χ0n) is 19.3. The minimum absolute atomic E-state index is 0.0161. The van der Waals surface area contributed by atoms with Gasteiger partial charge in [-0.05, 0) is 40.0 Å². The molecule has 7 nitrogen and oxygen atoms in total. The lowest BCUT2D eigenvalue weighted by molar-refractivity contribution is -0.142. The Kier molecular flexibility index (Phi) is 7.80. The summed E-state index contributed by atoms with van der Waals surface area (Å²) in [4.78, 5) is 37.3. The van der Waals surface area contributed by atoms with Crippen molar-refractivity contribution < 1.29 is 34.4 Å². The second-order valence-electron chi connectivity index (χ2n) is 9.41. The van der Waals surface area contributed by atoms with Gasteiger partial charge in [-0.25, -0.2) is 4.79 Å². The molecule has 174 valence electrons. The third kappa shape index (κ3) is 5.93. The number of hydrogen-bond donors (Lipinski definition) is 3. The van der Waals surface area contributed by atoms with Crippen molar-refractivity contribution in [3.8, 4) is 0 Å². The topological polar surface area (TPSA) is 121 Å². The molecule has 0 saturated carbocycles. The summed E-state index contributed by atoms with van der Waals surface area (Å²) in [7, 11) is 0. The lowest BCUT2D eigenvalue weighted by Crippen LogP contribution is -2.36. The normalized spacial score (nSPS) is 17.7. The van der Waals surface area contributed by atoms with Crippen LogP contribution < -0.4 is 0 Å². The molecule has 1 aromatic carbocycles. The lowest BCUT2D eigenvalue weighted by Gasteiger charge is -2.27. The second-order valence-corrected chi connectivity index (χ2v) is 9.41. The van der Waals surface area contributed by atoms with Crippen LogP contribution in [0.15, 0.2) is 41.5 Å². The summed E-state index contributed by atoms with van der Waals surface area (Å²) in [5.74, 6) is -2.16. The van der Waals surface area contributed by atoms with E-state index in [1.54, 1.807) is 45.0 Å². The number of aliphatic hydroxyl groups excluding tert-OH is 2. The Labute approximate surface area is 188 Å². The van der Waals surface area contributed by atoms with E-state index in [-0.39, 0.29) is 36.3 Å². The van der Waals surface area contributed by atoms with Crippen LogP contribution in [0.4, 0.5) is 0 Å². The minimum Gasteiger partial charge on any atom is -0.507 e. The number of hydrogen-bond acceptors (Lipinski definition) is 7. The number of carbonyl (C=O) groups excluding carboxylic acids is 3. The molecule has 0 radical (unpaired) electrons. The molecule has 0 saturated heterocycles. The standard InChI is InChI=1S/C25H32O7/c1-15(9-8-12-25(5,31)16(2)26)23(30)32-14-24(3,4)13-19-20(27)17-10-6-7-11-18(17)21(28)22(19)29/h6-7,9-11,16,26-27,31H,8,12-14H2,1-5H3/b15-9+/t16-,25-/m0/s1.